The van der Waals surface area contributed by atoms with Crippen molar-refractivity contribution >= 4 is 22.8 Å². The Bertz CT molecular complexity index is 1410. The van der Waals surface area contributed by atoms with E-state index in [9.17, 15) is 14.4 Å². The quantitative estimate of drug-likeness (QED) is 0.203. The molecule has 0 aliphatic carbocycles. The van der Waals surface area contributed by atoms with Crippen LogP contribution in [0.2, 0.25) is 0 Å². The second-order valence-electron chi connectivity index (χ2n) is 11.5. The number of carbonyl (C=O) groups excluding carboxylic acids is 2. The number of unbranched alkanes of at least 4 members (excludes halogenated alkanes) is 4. The third kappa shape index (κ3) is 6.40. The van der Waals surface area contributed by atoms with Crippen LogP contribution in [-0.2, 0) is 20.8 Å². The Morgan fingerprint density at radius 1 is 1.07 bits per heavy atom. The lowest BCUT2D eigenvalue weighted by Crippen LogP contribution is -2.35. The SMILES string of the molecule is CCCOC(=O)CCCCCCCOc1cccc2c3n(nc12)C[C@@H](C(C)(C)C)n1cc(C(=O)OC)c(=O)cc1-3. The van der Waals surface area contributed by atoms with Crippen molar-refractivity contribution in [2.45, 2.75) is 85.2 Å². The number of rotatable bonds is 12. The predicted octanol–water partition coefficient (Wildman–Crippen LogP) is 5.93. The van der Waals surface area contributed by atoms with Gasteiger partial charge < -0.3 is 18.8 Å². The van der Waals surface area contributed by atoms with E-state index in [2.05, 4.69) is 20.8 Å². The van der Waals surface area contributed by atoms with Crippen LogP contribution in [0.1, 0.15) is 89.0 Å². The van der Waals surface area contributed by atoms with Crippen LogP contribution in [-0.4, -0.2) is 46.6 Å². The number of benzene rings is 1. The highest BCUT2D eigenvalue weighted by molar-refractivity contribution is 5.97. The highest BCUT2D eigenvalue weighted by Gasteiger charge is 2.35. The van der Waals surface area contributed by atoms with Crippen molar-refractivity contribution in [2.75, 3.05) is 20.3 Å². The van der Waals surface area contributed by atoms with E-state index in [1.807, 2.05) is 34.4 Å². The molecular weight excluding hydrogens is 510 g/mol. The van der Waals surface area contributed by atoms with Crippen LogP contribution in [0, 0.1) is 5.41 Å². The molecule has 0 radical (unpaired) electrons. The van der Waals surface area contributed by atoms with Gasteiger partial charge in [-0.15, -0.1) is 0 Å². The molecule has 0 unspecified atom stereocenters. The largest absolute Gasteiger partial charge is 0.491 e. The first-order valence-corrected chi connectivity index (χ1v) is 14.3. The summed E-state index contributed by atoms with van der Waals surface area (Å²) in [5, 5.41) is 5.84. The summed E-state index contributed by atoms with van der Waals surface area (Å²) >= 11 is 0. The van der Waals surface area contributed by atoms with Crippen molar-refractivity contribution in [1.29, 1.82) is 0 Å². The second-order valence-corrected chi connectivity index (χ2v) is 11.5. The number of ether oxygens (including phenoxy) is 3. The highest BCUT2D eigenvalue weighted by Crippen LogP contribution is 2.43. The molecular formula is C31H41N3O6. The van der Waals surface area contributed by atoms with E-state index in [1.165, 1.54) is 13.2 Å². The standard InChI is InChI=1S/C31H41N3O6/c1-6-16-40-27(36)15-10-8-7-9-11-17-39-25-14-12-13-21-28(25)32-34-20-26(31(2,3)4)33-19-22(30(37)38-5)24(35)18-23(33)29(21)34/h12-14,18-19,26H,6-11,15-17,20H2,1-5H3/t26-/m0/s1. The molecule has 1 aliphatic heterocycles. The predicted molar refractivity (Wildman–Crippen MR) is 154 cm³/mol. The molecule has 0 spiro atoms. The summed E-state index contributed by atoms with van der Waals surface area (Å²) in [6.45, 7) is 10.1. The van der Waals surface area contributed by atoms with Crippen molar-refractivity contribution in [3.63, 3.8) is 0 Å². The summed E-state index contributed by atoms with van der Waals surface area (Å²) in [4.78, 5) is 36.8. The van der Waals surface area contributed by atoms with Crippen LogP contribution < -0.4 is 10.2 Å². The molecule has 0 fully saturated rings. The van der Waals surface area contributed by atoms with E-state index < -0.39 is 5.97 Å². The van der Waals surface area contributed by atoms with Crippen LogP contribution in [0.4, 0.5) is 0 Å². The monoisotopic (exact) mass is 551 g/mol. The van der Waals surface area contributed by atoms with E-state index in [-0.39, 0.29) is 28.4 Å². The van der Waals surface area contributed by atoms with Crippen LogP contribution in [0.3, 0.4) is 0 Å². The van der Waals surface area contributed by atoms with E-state index in [1.54, 1.807) is 6.20 Å². The van der Waals surface area contributed by atoms with E-state index in [0.717, 1.165) is 60.8 Å². The Balaban J connectivity index is 1.48. The summed E-state index contributed by atoms with van der Waals surface area (Å²) in [7, 11) is 1.28. The molecule has 2 aromatic heterocycles. The molecule has 0 amide bonds. The van der Waals surface area contributed by atoms with E-state index in [0.29, 0.717) is 31.9 Å². The number of hydrogen-bond acceptors (Lipinski definition) is 7. The zero-order chi connectivity index (χ0) is 28.9. The molecule has 9 nitrogen and oxygen atoms in total. The Kier molecular flexibility index (Phi) is 9.32. The van der Waals surface area contributed by atoms with Crippen molar-refractivity contribution in [3.05, 3.63) is 46.2 Å². The van der Waals surface area contributed by atoms with E-state index >= 15 is 0 Å². The minimum Gasteiger partial charge on any atom is -0.491 e. The summed E-state index contributed by atoms with van der Waals surface area (Å²) in [6, 6.07) is 7.35. The van der Waals surface area contributed by atoms with E-state index in [4.69, 9.17) is 19.3 Å². The number of methoxy groups -OCH3 is 1. The van der Waals surface area contributed by atoms with Gasteiger partial charge in [0.25, 0.3) is 0 Å². The Morgan fingerprint density at radius 3 is 2.55 bits per heavy atom. The van der Waals surface area contributed by atoms with Gasteiger partial charge in [-0.25, -0.2) is 4.79 Å². The number of fused-ring (bicyclic) bond motifs is 5. The van der Waals surface area contributed by atoms with Gasteiger partial charge in [0.05, 0.1) is 44.3 Å². The summed E-state index contributed by atoms with van der Waals surface area (Å²) in [5.74, 6) is -0.0289. The van der Waals surface area contributed by atoms with Gasteiger partial charge in [-0.1, -0.05) is 59.1 Å². The van der Waals surface area contributed by atoms with Gasteiger partial charge in [-0.2, -0.15) is 5.10 Å². The summed E-state index contributed by atoms with van der Waals surface area (Å²) < 4.78 is 20.1. The van der Waals surface area contributed by atoms with Crippen LogP contribution in [0.25, 0.3) is 22.3 Å². The normalized spacial score (nSPS) is 14.5. The Morgan fingerprint density at radius 2 is 1.82 bits per heavy atom. The third-order valence-corrected chi connectivity index (χ3v) is 7.39. The first-order valence-electron chi connectivity index (χ1n) is 14.3. The van der Waals surface area contributed by atoms with Gasteiger partial charge in [0, 0.05) is 24.1 Å². The zero-order valence-electron chi connectivity index (χ0n) is 24.3. The van der Waals surface area contributed by atoms with Crippen LogP contribution in [0.5, 0.6) is 5.75 Å². The smallest absolute Gasteiger partial charge is 0.343 e. The Hall–Kier alpha value is -3.62. The fraction of sp³-hybridized carbons (Fsp3) is 0.548. The fourth-order valence-electron chi connectivity index (χ4n) is 5.22. The van der Waals surface area contributed by atoms with Gasteiger partial charge in [0.2, 0.25) is 0 Å². The maximum atomic E-state index is 12.9. The minimum absolute atomic E-state index is 0.0261. The van der Waals surface area contributed by atoms with Gasteiger partial charge in [-0.3, -0.25) is 14.3 Å². The number of esters is 2. The van der Waals surface area contributed by atoms with Gasteiger partial charge in [0.1, 0.15) is 16.8 Å². The molecule has 9 heteroatoms. The number of pyridine rings is 1. The fourth-order valence-corrected chi connectivity index (χ4v) is 5.22. The highest BCUT2D eigenvalue weighted by atomic mass is 16.5. The molecule has 1 aromatic carbocycles. The lowest BCUT2D eigenvalue weighted by Gasteiger charge is -2.38. The molecule has 216 valence electrons. The molecule has 0 saturated carbocycles. The maximum Gasteiger partial charge on any atom is 0.343 e. The molecule has 3 heterocycles. The first-order chi connectivity index (χ1) is 19.2. The van der Waals surface area contributed by atoms with Gasteiger partial charge >= 0.3 is 11.9 Å². The molecule has 40 heavy (non-hydrogen) atoms. The maximum absolute atomic E-state index is 12.9. The molecule has 1 atom stereocenters. The molecule has 0 bridgehead atoms. The van der Waals surface area contributed by atoms with Crippen LogP contribution >= 0.6 is 0 Å². The number of nitrogens with zero attached hydrogens (tertiary/aromatic N) is 3. The lowest BCUT2D eigenvalue weighted by molar-refractivity contribution is -0.143. The minimum atomic E-state index is -0.637. The topological polar surface area (TPSA) is 102 Å². The van der Waals surface area contributed by atoms with Crippen molar-refractivity contribution in [3.8, 4) is 17.1 Å². The lowest BCUT2D eigenvalue weighted by atomic mass is 9.85. The second kappa shape index (κ2) is 12.7. The zero-order valence-corrected chi connectivity index (χ0v) is 24.3. The average molecular weight is 552 g/mol. The van der Waals surface area contributed by atoms with Crippen LogP contribution in [0.15, 0.2) is 35.3 Å². The van der Waals surface area contributed by atoms with Gasteiger partial charge in [-0.05, 0) is 30.7 Å². The average Bonchev–Trinajstić information content (AvgIpc) is 3.31. The molecule has 3 aromatic rings. The van der Waals surface area contributed by atoms with Crippen molar-refractivity contribution in [1.82, 2.24) is 14.3 Å². The number of hydrogen-bond donors (Lipinski definition) is 0. The number of carbonyl (C=O) groups is 2. The molecule has 0 N–H and O–H groups in total. The Labute approximate surface area is 235 Å². The van der Waals surface area contributed by atoms with Gasteiger partial charge in [0.15, 0.2) is 5.43 Å². The van der Waals surface area contributed by atoms with Crippen molar-refractivity contribution < 1.29 is 23.8 Å². The third-order valence-electron chi connectivity index (χ3n) is 7.39. The van der Waals surface area contributed by atoms with Crippen molar-refractivity contribution in [2.24, 2.45) is 5.41 Å². The molecule has 4 rings (SSSR count). The number of aromatic nitrogens is 3. The molecule has 0 saturated heterocycles. The first kappa shape index (κ1) is 29.4. The molecule has 1 aliphatic rings. The summed E-state index contributed by atoms with van der Waals surface area (Å²) in [5.41, 5.74) is 1.81. The summed E-state index contributed by atoms with van der Waals surface area (Å²) in [6.07, 6.45) is 7.79.